The fourth-order valence-corrected chi connectivity index (χ4v) is 6.25. The Hall–Kier alpha value is -2.18. The van der Waals surface area contributed by atoms with Crippen molar-refractivity contribution in [2.45, 2.75) is 44.8 Å². The van der Waals surface area contributed by atoms with Gasteiger partial charge in [0.15, 0.2) is 0 Å². The van der Waals surface area contributed by atoms with Gasteiger partial charge in [0, 0.05) is 29.2 Å². The van der Waals surface area contributed by atoms with Crippen molar-refractivity contribution in [2.75, 3.05) is 19.7 Å². The zero-order valence-corrected chi connectivity index (χ0v) is 18.6. The number of benzene rings is 2. The standard InChI is InChI=1S/C27H34N2O3/c30-16-19-5-1-3-7-24(19)29-25-8-4-2-6-21(25)22-13-14-28-15-18-9-12-27(32)23(17-31)20(18)10-11-26(22)29/h1-8,18,20,23,27-28,30-32H,9-17H2/t18-,20?,23+,27-/m0/s1. The van der Waals surface area contributed by atoms with E-state index in [0.29, 0.717) is 11.8 Å². The molecule has 0 amide bonds. The van der Waals surface area contributed by atoms with Crippen LogP contribution < -0.4 is 5.32 Å². The first-order valence-electron chi connectivity index (χ1n) is 12.0. The molecule has 5 rings (SSSR count). The molecule has 2 heterocycles. The Morgan fingerprint density at radius 3 is 2.59 bits per heavy atom. The molecule has 0 radical (unpaired) electrons. The number of aliphatic hydroxyl groups is 3. The molecule has 5 nitrogen and oxygen atoms in total. The molecule has 0 bridgehead atoms. The summed E-state index contributed by atoms with van der Waals surface area (Å²) in [6, 6.07) is 16.7. The quantitative estimate of drug-likeness (QED) is 0.511. The Bertz CT molecular complexity index is 1080. The summed E-state index contributed by atoms with van der Waals surface area (Å²) in [5.74, 6) is 0.724. The molecular weight excluding hydrogens is 400 g/mol. The van der Waals surface area contributed by atoms with Crippen molar-refractivity contribution in [3.63, 3.8) is 0 Å². The van der Waals surface area contributed by atoms with Gasteiger partial charge in [-0.1, -0.05) is 36.4 Å². The predicted octanol–water partition coefficient (Wildman–Crippen LogP) is 3.20. The van der Waals surface area contributed by atoms with Crippen molar-refractivity contribution >= 4 is 10.9 Å². The van der Waals surface area contributed by atoms with Gasteiger partial charge in [-0.05, 0) is 74.7 Å². The third-order valence-electron chi connectivity index (χ3n) is 7.86. The number of nitrogens with zero attached hydrogens (tertiary/aromatic N) is 1. The molecule has 1 aliphatic carbocycles. The first-order chi connectivity index (χ1) is 15.7. The Labute approximate surface area is 189 Å². The Morgan fingerprint density at radius 1 is 0.938 bits per heavy atom. The fraction of sp³-hybridized carbons (Fsp3) is 0.481. The minimum atomic E-state index is -0.412. The van der Waals surface area contributed by atoms with E-state index >= 15 is 0 Å². The van der Waals surface area contributed by atoms with Crippen LogP contribution in [-0.2, 0) is 19.4 Å². The van der Waals surface area contributed by atoms with Gasteiger partial charge in [0.25, 0.3) is 0 Å². The van der Waals surface area contributed by atoms with Crippen LogP contribution in [0.1, 0.15) is 36.1 Å². The van der Waals surface area contributed by atoms with E-state index in [1.165, 1.54) is 22.2 Å². The van der Waals surface area contributed by atoms with Crippen LogP contribution in [0.25, 0.3) is 16.6 Å². The highest BCUT2D eigenvalue weighted by atomic mass is 16.3. The van der Waals surface area contributed by atoms with E-state index in [1.54, 1.807) is 0 Å². The summed E-state index contributed by atoms with van der Waals surface area (Å²) in [6.07, 6.45) is 4.19. The lowest BCUT2D eigenvalue weighted by atomic mass is 9.68. The maximum absolute atomic E-state index is 10.6. The normalized spacial score (nSPS) is 26.5. The topological polar surface area (TPSA) is 77.7 Å². The SMILES string of the molecule is OCc1ccccc1-n1c2c(c3ccccc31)CCNC[C@@H]1CC[C@H](O)[C@H](CO)C1CC2. The first kappa shape index (κ1) is 21.7. The maximum atomic E-state index is 10.6. The Morgan fingerprint density at radius 2 is 1.75 bits per heavy atom. The molecule has 3 aromatic rings. The van der Waals surface area contributed by atoms with Gasteiger partial charge in [0.1, 0.15) is 0 Å². The maximum Gasteiger partial charge on any atom is 0.0702 e. The predicted molar refractivity (Wildman–Crippen MR) is 127 cm³/mol. The highest BCUT2D eigenvalue weighted by Gasteiger charge is 2.38. The molecule has 0 spiro atoms. The van der Waals surface area contributed by atoms with Crippen molar-refractivity contribution in [1.29, 1.82) is 0 Å². The minimum Gasteiger partial charge on any atom is -0.396 e. The second-order valence-electron chi connectivity index (χ2n) is 9.47. The largest absolute Gasteiger partial charge is 0.396 e. The molecule has 1 fully saturated rings. The van der Waals surface area contributed by atoms with Gasteiger partial charge in [0.2, 0.25) is 0 Å². The van der Waals surface area contributed by atoms with E-state index < -0.39 is 6.10 Å². The highest BCUT2D eigenvalue weighted by Crippen LogP contribution is 2.40. The molecule has 0 saturated heterocycles. The van der Waals surface area contributed by atoms with Crippen molar-refractivity contribution in [3.05, 3.63) is 65.4 Å². The number of aromatic nitrogens is 1. The van der Waals surface area contributed by atoms with Gasteiger partial charge in [-0.2, -0.15) is 0 Å². The highest BCUT2D eigenvalue weighted by molar-refractivity contribution is 5.87. The molecule has 170 valence electrons. The van der Waals surface area contributed by atoms with E-state index in [4.69, 9.17) is 0 Å². The molecule has 2 aromatic carbocycles. The monoisotopic (exact) mass is 434 g/mol. The number of hydrogen-bond donors (Lipinski definition) is 4. The summed E-state index contributed by atoms with van der Waals surface area (Å²) in [7, 11) is 0. The summed E-state index contributed by atoms with van der Waals surface area (Å²) in [5, 5.41) is 35.7. The summed E-state index contributed by atoms with van der Waals surface area (Å²) < 4.78 is 2.35. The first-order valence-corrected chi connectivity index (χ1v) is 12.0. The van der Waals surface area contributed by atoms with E-state index in [9.17, 15) is 15.3 Å². The molecular formula is C27H34N2O3. The van der Waals surface area contributed by atoms with Crippen LogP contribution in [-0.4, -0.2) is 45.7 Å². The van der Waals surface area contributed by atoms with Crippen LogP contribution in [0.15, 0.2) is 48.5 Å². The minimum absolute atomic E-state index is 0.00247. The third kappa shape index (κ3) is 3.77. The van der Waals surface area contributed by atoms with Crippen LogP contribution in [0.3, 0.4) is 0 Å². The van der Waals surface area contributed by atoms with E-state index in [-0.39, 0.29) is 19.1 Å². The smallest absolute Gasteiger partial charge is 0.0702 e. The van der Waals surface area contributed by atoms with Gasteiger partial charge < -0.3 is 25.2 Å². The number of nitrogens with one attached hydrogen (secondary N) is 1. The molecule has 1 aliphatic heterocycles. The lowest BCUT2D eigenvalue weighted by Gasteiger charge is -2.41. The number of rotatable bonds is 3. The lowest BCUT2D eigenvalue weighted by Crippen LogP contribution is -2.44. The summed E-state index contributed by atoms with van der Waals surface area (Å²) in [4.78, 5) is 0. The Kier molecular flexibility index (Phi) is 6.33. The van der Waals surface area contributed by atoms with Crippen LogP contribution in [0, 0.1) is 17.8 Å². The van der Waals surface area contributed by atoms with Gasteiger partial charge >= 0.3 is 0 Å². The number of aliphatic hydroxyl groups excluding tert-OH is 3. The van der Waals surface area contributed by atoms with E-state index in [2.05, 4.69) is 40.2 Å². The number of fused-ring (bicyclic) bond motifs is 4. The zero-order valence-electron chi connectivity index (χ0n) is 18.6. The molecule has 5 heteroatoms. The lowest BCUT2D eigenvalue weighted by molar-refractivity contribution is -0.0284. The second-order valence-corrected chi connectivity index (χ2v) is 9.47. The molecule has 32 heavy (non-hydrogen) atoms. The van der Waals surface area contributed by atoms with Gasteiger partial charge in [-0.25, -0.2) is 0 Å². The number of hydrogen-bond acceptors (Lipinski definition) is 4. The van der Waals surface area contributed by atoms with Crippen molar-refractivity contribution in [1.82, 2.24) is 9.88 Å². The summed E-state index contributed by atoms with van der Waals surface area (Å²) >= 11 is 0. The molecule has 1 unspecified atom stereocenters. The zero-order chi connectivity index (χ0) is 22.1. The molecule has 4 atom stereocenters. The summed E-state index contributed by atoms with van der Waals surface area (Å²) in [6.45, 7) is 1.92. The molecule has 2 aliphatic rings. The van der Waals surface area contributed by atoms with Crippen LogP contribution in [0.2, 0.25) is 0 Å². The van der Waals surface area contributed by atoms with Gasteiger partial charge in [-0.15, -0.1) is 0 Å². The molecule has 1 aromatic heterocycles. The van der Waals surface area contributed by atoms with Crippen LogP contribution >= 0.6 is 0 Å². The fourth-order valence-electron chi connectivity index (χ4n) is 6.25. The molecule has 1 saturated carbocycles. The van der Waals surface area contributed by atoms with Crippen LogP contribution in [0.4, 0.5) is 0 Å². The van der Waals surface area contributed by atoms with Crippen molar-refractivity contribution < 1.29 is 15.3 Å². The summed E-state index contributed by atoms with van der Waals surface area (Å²) in [5.41, 5.74) is 5.81. The second kappa shape index (κ2) is 9.36. The third-order valence-corrected chi connectivity index (χ3v) is 7.86. The van der Waals surface area contributed by atoms with Gasteiger partial charge in [-0.3, -0.25) is 0 Å². The van der Waals surface area contributed by atoms with Crippen molar-refractivity contribution in [3.8, 4) is 5.69 Å². The van der Waals surface area contributed by atoms with E-state index in [1.807, 2.05) is 18.2 Å². The molecule has 4 N–H and O–H groups in total. The van der Waals surface area contributed by atoms with E-state index in [0.717, 1.165) is 56.4 Å². The van der Waals surface area contributed by atoms with Gasteiger partial charge in [0.05, 0.1) is 23.9 Å². The Balaban J connectivity index is 1.64. The average Bonchev–Trinajstić information content (AvgIpc) is 3.14. The van der Waals surface area contributed by atoms with Crippen molar-refractivity contribution in [2.24, 2.45) is 17.8 Å². The van der Waals surface area contributed by atoms with Crippen LogP contribution in [0.5, 0.6) is 0 Å². The number of para-hydroxylation sites is 2. The average molecular weight is 435 g/mol.